The Bertz CT molecular complexity index is 523. The molecule has 0 aliphatic heterocycles. The lowest BCUT2D eigenvalue weighted by Gasteiger charge is -2.25. The normalized spacial score (nSPS) is 19.4. The van der Waals surface area contributed by atoms with E-state index in [9.17, 15) is 0 Å². The summed E-state index contributed by atoms with van der Waals surface area (Å²) in [7, 11) is 2.08. The van der Waals surface area contributed by atoms with E-state index in [2.05, 4.69) is 30.6 Å². The zero-order chi connectivity index (χ0) is 13.1. The molecule has 0 saturated heterocycles. The molecule has 2 aromatic rings. The number of hydrogen-bond acceptors (Lipinski definition) is 2. The molecule has 1 atom stereocenters. The Balaban J connectivity index is 1.92. The largest absolute Gasteiger partial charge is 0.464 e. The predicted molar refractivity (Wildman–Crippen MR) is 79.2 cm³/mol. The van der Waals surface area contributed by atoms with Crippen LogP contribution in [0.15, 0.2) is 34.9 Å². The van der Waals surface area contributed by atoms with Gasteiger partial charge in [0.15, 0.2) is 0 Å². The molecule has 102 valence electrons. The molecule has 2 nitrogen and oxygen atoms in total. The smallest absolute Gasteiger partial charge is 0.134 e. The fourth-order valence-corrected chi connectivity index (χ4v) is 3.53. The molecule has 1 aliphatic carbocycles. The van der Waals surface area contributed by atoms with Crippen LogP contribution < -0.4 is 5.32 Å². The highest BCUT2D eigenvalue weighted by Gasteiger charge is 2.25. The number of hydrogen-bond donors (Lipinski definition) is 1. The van der Waals surface area contributed by atoms with Gasteiger partial charge in [-0.1, -0.05) is 43.9 Å². The number of fused-ring (bicyclic) bond motifs is 1. The quantitative estimate of drug-likeness (QED) is 0.809. The summed E-state index contributed by atoms with van der Waals surface area (Å²) in [5, 5.41) is 4.80. The van der Waals surface area contributed by atoms with Gasteiger partial charge in [-0.05, 0) is 31.9 Å². The molecule has 0 bridgehead atoms. The Kier molecular flexibility index (Phi) is 3.88. The van der Waals surface area contributed by atoms with Gasteiger partial charge in [0.1, 0.15) is 5.58 Å². The summed E-state index contributed by atoms with van der Waals surface area (Å²) >= 11 is 0. The second kappa shape index (κ2) is 5.79. The summed E-state index contributed by atoms with van der Waals surface area (Å²) in [6, 6.07) is 8.80. The first-order chi connectivity index (χ1) is 9.40. The van der Waals surface area contributed by atoms with Gasteiger partial charge < -0.3 is 9.73 Å². The second-order valence-electron chi connectivity index (χ2n) is 5.71. The van der Waals surface area contributed by atoms with E-state index in [4.69, 9.17) is 4.42 Å². The lowest BCUT2D eigenvalue weighted by Crippen LogP contribution is -2.24. The molecule has 1 aliphatic rings. The minimum Gasteiger partial charge on any atom is -0.464 e. The summed E-state index contributed by atoms with van der Waals surface area (Å²) in [5.74, 6) is 0.744. The van der Waals surface area contributed by atoms with Crippen molar-refractivity contribution in [2.45, 2.75) is 44.6 Å². The van der Waals surface area contributed by atoms with Crippen molar-refractivity contribution in [3.63, 3.8) is 0 Å². The summed E-state index contributed by atoms with van der Waals surface area (Å²) in [4.78, 5) is 0. The first-order valence-corrected chi connectivity index (χ1v) is 7.53. The number of benzene rings is 1. The van der Waals surface area contributed by atoms with Gasteiger partial charge in [-0.25, -0.2) is 0 Å². The molecule has 0 spiro atoms. The molecule has 0 radical (unpaired) electrons. The molecule has 19 heavy (non-hydrogen) atoms. The van der Waals surface area contributed by atoms with Crippen LogP contribution in [0.2, 0.25) is 0 Å². The molecule has 1 fully saturated rings. The van der Waals surface area contributed by atoms with Crippen molar-refractivity contribution < 1.29 is 4.42 Å². The average Bonchev–Trinajstić information content (AvgIpc) is 2.69. The highest BCUT2D eigenvalue weighted by atomic mass is 16.3. The Morgan fingerprint density at radius 1 is 1.11 bits per heavy atom. The van der Waals surface area contributed by atoms with E-state index in [1.807, 2.05) is 12.3 Å². The Morgan fingerprint density at radius 2 is 1.84 bits per heavy atom. The zero-order valence-corrected chi connectivity index (χ0v) is 11.7. The molecular weight excluding hydrogens is 234 g/mol. The fourth-order valence-electron chi connectivity index (χ4n) is 3.53. The van der Waals surface area contributed by atoms with Gasteiger partial charge in [-0.2, -0.15) is 0 Å². The van der Waals surface area contributed by atoms with Crippen LogP contribution in [0.25, 0.3) is 11.0 Å². The first kappa shape index (κ1) is 12.7. The summed E-state index contributed by atoms with van der Waals surface area (Å²) < 4.78 is 5.71. The van der Waals surface area contributed by atoms with Gasteiger partial charge in [-0.3, -0.25) is 0 Å². The Morgan fingerprint density at radius 3 is 2.58 bits per heavy atom. The number of para-hydroxylation sites is 1. The number of rotatable bonds is 3. The molecule has 2 heteroatoms. The number of nitrogens with one attached hydrogen (secondary N) is 1. The van der Waals surface area contributed by atoms with Crippen LogP contribution in [-0.2, 0) is 0 Å². The standard InChI is InChI=1S/C17H23NO/c1-18-17(13-8-4-2-3-5-9-13)15-12-19-16-11-7-6-10-14(15)16/h6-7,10-13,17-18H,2-5,8-9H2,1H3. The third-order valence-corrected chi connectivity index (χ3v) is 4.53. The Labute approximate surface area is 115 Å². The minimum atomic E-state index is 0.432. The van der Waals surface area contributed by atoms with Crippen LogP contribution in [0, 0.1) is 5.92 Å². The SMILES string of the molecule is CNC(c1coc2ccccc12)C1CCCCCC1. The van der Waals surface area contributed by atoms with Gasteiger partial charge in [0.2, 0.25) is 0 Å². The zero-order valence-electron chi connectivity index (χ0n) is 11.7. The van der Waals surface area contributed by atoms with Crippen molar-refractivity contribution in [1.29, 1.82) is 0 Å². The lowest BCUT2D eigenvalue weighted by molar-refractivity contribution is 0.341. The summed E-state index contributed by atoms with van der Waals surface area (Å²) in [6.45, 7) is 0. The molecule has 1 saturated carbocycles. The third-order valence-electron chi connectivity index (χ3n) is 4.53. The van der Waals surface area contributed by atoms with E-state index >= 15 is 0 Å². The summed E-state index contributed by atoms with van der Waals surface area (Å²) in [5.41, 5.74) is 2.34. The monoisotopic (exact) mass is 257 g/mol. The molecule has 3 rings (SSSR count). The first-order valence-electron chi connectivity index (χ1n) is 7.53. The van der Waals surface area contributed by atoms with Crippen molar-refractivity contribution in [3.8, 4) is 0 Å². The van der Waals surface area contributed by atoms with Crippen molar-refractivity contribution in [2.75, 3.05) is 7.05 Å². The van der Waals surface area contributed by atoms with E-state index in [0.717, 1.165) is 11.5 Å². The minimum absolute atomic E-state index is 0.432. The van der Waals surface area contributed by atoms with Crippen LogP contribution in [0.1, 0.15) is 50.1 Å². The lowest BCUT2D eigenvalue weighted by atomic mass is 9.87. The molecule has 1 aromatic carbocycles. The second-order valence-corrected chi connectivity index (χ2v) is 5.71. The average molecular weight is 257 g/mol. The Hall–Kier alpha value is -1.28. The van der Waals surface area contributed by atoms with Gasteiger partial charge in [-0.15, -0.1) is 0 Å². The van der Waals surface area contributed by atoms with Crippen molar-refractivity contribution >= 4 is 11.0 Å². The van der Waals surface area contributed by atoms with Gasteiger partial charge in [0, 0.05) is 17.0 Å². The third kappa shape index (κ3) is 2.55. The maximum atomic E-state index is 5.71. The van der Waals surface area contributed by atoms with Crippen molar-refractivity contribution in [3.05, 3.63) is 36.1 Å². The molecule has 1 aromatic heterocycles. The van der Waals surface area contributed by atoms with Crippen LogP contribution in [0.5, 0.6) is 0 Å². The maximum absolute atomic E-state index is 5.71. The molecule has 1 N–H and O–H groups in total. The molecule has 1 unspecified atom stereocenters. The molecule has 1 heterocycles. The van der Waals surface area contributed by atoms with Crippen LogP contribution >= 0.6 is 0 Å². The van der Waals surface area contributed by atoms with E-state index in [1.165, 1.54) is 49.5 Å². The van der Waals surface area contributed by atoms with Gasteiger partial charge in [0.05, 0.1) is 6.26 Å². The molecule has 0 amide bonds. The van der Waals surface area contributed by atoms with E-state index in [-0.39, 0.29) is 0 Å². The van der Waals surface area contributed by atoms with Gasteiger partial charge in [0.25, 0.3) is 0 Å². The highest BCUT2D eigenvalue weighted by Crippen LogP contribution is 2.36. The predicted octanol–water partition coefficient (Wildman–Crippen LogP) is 4.66. The van der Waals surface area contributed by atoms with E-state index in [1.54, 1.807) is 0 Å². The van der Waals surface area contributed by atoms with Gasteiger partial charge >= 0.3 is 0 Å². The van der Waals surface area contributed by atoms with Crippen LogP contribution in [0.3, 0.4) is 0 Å². The molecular formula is C17H23NO. The highest BCUT2D eigenvalue weighted by molar-refractivity contribution is 5.81. The van der Waals surface area contributed by atoms with E-state index < -0.39 is 0 Å². The fraction of sp³-hybridized carbons (Fsp3) is 0.529. The summed E-state index contributed by atoms with van der Waals surface area (Å²) in [6.07, 6.45) is 10.2. The van der Waals surface area contributed by atoms with E-state index in [0.29, 0.717) is 6.04 Å². The topological polar surface area (TPSA) is 25.2 Å². The maximum Gasteiger partial charge on any atom is 0.134 e. The van der Waals surface area contributed by atoms with Crippen LogP contribution in [-0.4, -0.2) is 7.05 Å². The van der Waals surface area contributed by atoms with Crippen molar-refractivity contribution in [2.24, 2.45) is 5.92 Å². The van der Waals surface area contributed by atoms with Crippen molar-refractivity contribution in [1.82, 2.24) is 5.32 Å². The van der Waals surface area contributed by atoms with Crippen LogP contribution in [0.4, 0.5) is 0 Å². The number of furan rings is 1.